The molecule has 0 bridgehead atoms. The fourth-order valence-electron chi connectivity index (χ4n) is 3.60. The second kappa shape index (κ2) is 7.47. The summed E-state index contributed by atoms with van der Waals surface area (Å²) in [5, 5.41) is 11.4. The molecule has 1 aliphatic heterocycles. The number of hydrogen-bond donors (Lipinski definition) is 1. The van der Waals surface area contributed by atoms with Crippen LogP contribution in [-0.4, -0.2) is 27.1 Å². The second-order valence-corrected chi connectivity index (χ2v) is 8.66. The molecule has 0 spiro atoms. The average molecular weight is 416 g/mol. The molecular formula is C23H26ClNO4. The number of hydrogen-bond acceptors (Lipinski definition) is 5. The van der Waals surface area contributed by atoms with Crippen LogP contribution in [0, 0.1) is 6.92 Å². The molecule has 0 saturated carbocycles. The maximum absolute atomic E-state index is 13.2. The Balaban J connectivity index is 2.13. The zero-order chi connectivity index (χ0) is 21.6. The Morgan fingerprint density at radius 1 is 1.17 bits per heavy atom. The first-order valence-corrected chi connectivity index (χ1v) is 9.96. The molecule has 6 heteroatoms. The highest BCUT2D eigenvalue weighted by atomic mass is 35.5. The molecule has 0 radical (unpaired) electrons. The normalized spacial score (nSPS) is 18.1. The van der Waals surface area contributed by atoms with Crippen LogP contribution in [-0.2, 0) is 16.0 Å². The number of aliphatic hydroxyl groups excluding tert-OH is 1. The van der Waals surface area contributed by atoms with Gasteiger partial charge in [0, 0.05) is 11.8 Å². The summed E-state index contributed by atoms with van der Waals surface area (Å²) in [5.41, 5.74) is 0.606. The molecule has 1 aromatic heterocycles. The zero-order valence-electron chi connectivity index (χ0n) is 17.6. The Kier molecular flexibility index (Phi) is 5.50. The van der Waals surface area contributed by atoms with Crippen LogP contribution >= 0.6 is 11.6 Å². The van der Waals surface area contributed by atoms with Gasteiger partial charge in [-0.25, -0.2) is 4.98 Å². The monoisotopic (exact) mass is 415 g/mol. The molecular weight excluding hydrogens is 390 g/mol. The molecule has 0 amide bonds. The third-order valence-corrected chi connectivity index (χ3v) is 5.24. The summed E-state index contributed by atoms with van der Waals surface area (Å²) < 4.78 is 11.8. The van der Waals surface area contributed by atoms with Gasteiger partial charge in [-0.15, -0.1) is 0 Å². The van der Waals surface area contributed by atoms with Gasteiger partial charge in [-0.1, -0.05) is 24.6 Å². The third-order valence-electron chi connectivity index (χ3n) is 5.03. The van der Waals surface area contributed by atoms with Crippen LogP contribution in [0.1, 0.15) is 51.3 Å². The largest absolute Gasteiger partial charge is 0.508 e. The highest BCUT2D eigenvalue weighted by Gasteiger charge is 2.47. The molecule has 0 aliphatic carbocycles. The van der Waals surface area contributed by atoms with Gasteiger partial charge in [0.25, 0.3) is 0 Å². The number of carbonyl (C=O) groups excluding carboxylic acids is 1. The lowest BCUT2D eigenvalue weighted by Gasteiger charge is -2.40. The minimum absolute atomic E-state index is 0.0746. The number of aryl methyl sites for hydroxylation is 2. The van der Waals surface area contributed by atoms with Crippen molar-refractivity contribution in [3.63, 3.8) is 0 Å². The van der Waals surface area contributed by atoms with Gasteiger partial charge < -0.3 is 14.6 Å². The van der Waals surface area contributed by atoms with Crippen LogP contribution in [0.2, 0.25) is 5.02 Å². The second-order valence-electron chi connectivity index (χ2n) is 8.23. The van der Waals surface area contributed by atoms with Crippen LogP contribution in [0.3, 0.4) is 0 Å². The third kappa shape index (κ3) is 4.02. The molecule has 1 aromatic carbocycles. The SMILES string of the molecule is CCc1ccc(Oc2ncc(Cl)cc2C)cc1C1=C(O)C(C)(C)OC(C)(C)C1=O. The number of carbonyl (C=O) groups is 1. The predicted octanol–water partition coefficient (Wildman–Crippen LogP) is 5.82. The topological polar surface area (TPSA) is 68.7 Å². The molecule has 0 fully saturated rings. The van der Waals surface area contributed by atoms with Crippen LogP contribution < -0.4 is 4.74 Å². The minimum atomic E-state index is -1.05. The summed E-state index contributed by atoms with van der Waals surface area (Å²) in [6.45, 7) is 10.8. The highest BCUT2D eigenvalue weighted by Crippen LogP contribution is 2.42. The van der Waals surface area contributed by atoms with Crippen LogP contribution in [0.4, 0.5) is 0 Å². The van der Waals surface area contributed by atoms with Crippen molar-refractivity contribution in [2.75, 3.05) is 0 Å². The van der Waals surface area contributed by atoms with E-state index in [-0.39, 0.29) is 17.1 Å². The van der Waals surface area contributed by atoms with Gasteiger partial charge in [0.05, 0.1) is 10.6 Å². The van der Waals surface area contributed by atoms with E-state index in [2.05, 4.69) is 4.98 Å². The number of aromatic nitrogens is 1. The maximum atomic E-state index is 13.2. The number of nitrogens with zero attached hydrogens (tertiary/aromatic N) is 1. The fourth-order valence-corrected chi connectivity index (χ4v) is 3.81. The molecule has 1 N–H and O–H groups in total. The van der Waals surface area contributed by atoms with E-state index in [0.29, 0.717) is 28.6 Å². The molecule has 154 valence electrons. The number of aliphatic hydroxyl groups is 1. The Labute approximate surface area is 176 Å². The molecule has 29 heavy (non-hydrogen) atoms. The molecule has 1 aliphatic rings. The van der Waals surface area contributed by atoms with E-state index in [1.807, 2.05) is 26.0 Å². The summed E-state index contributed by atoms with van der Waals surface area (Å²) in [5.74, 6) is 0.614. The Morgan fingerprint density at radius 2 is 1.86 bits per heavy atom. The lowest BCUT2D eigenvalue weighted by Crippen LogP contribution is -2.49. The summed E-state index contributed by atoms with van der Waals surface area (Å²) in [6.07, 6.45) is 2.21. The van der Waals surface area contributed by atoms with Gasteiger partial charge in [0.1, 0.15) is 22.7 Å². The number of rotatable bonds is 4. The van der Waals surface area contributed by atoms with Crippen molar-refractivity contribution >= 4 is 23.0 Å². The van der Waals surface area contributed by atoms with Crippen LogP contribution in [0.25, 0.3) is 5.57 Å². The van der Waals surface area contributed by atoms with Gasteiger partial charge in [-0.05, 0) is 70.4 Å². The number of Topliss-reactive ketones (excluding diaryl/α,β-unsaturated/α-hetero) is 1. The van der Waals surface area contributed by atoms with Crippen molar-refractivity contribution in [1.82, 2.24) is 4.98 Å². The lowest BCUT2D eigenvalue weighted by molar-refractivity contribution is -0.158. The number of ketones is 1. The Bertz CT molecular complexity index is 1010. The van der Waals surface area contributed by atoms with Crippen molar-refractivity contribution < 1.29 is 19.4 Å². The zero-order valence-corrected chi connectivity index (χ0v) is 18.3. The number of ether oxygens (including phenoxy) is 2. The lowest BCUT2D eigenvalue weighted by atomic mass is 9.81. The molecule has 0 atom stereocenters. The fraction of sp³-hybridized carbons (Fsp3) is 0.391. The number of halogens is 1. The first-order chi connectivity index (χ1) is 13.5. The van der Waals surface area contributed by atoms with Crippen molar-refractivity contribution in [2.45, 2.75) is 59.2 Å². The quantitative estimate of drug-likeness (QED) is 0.680. The van der Waals surface area contributed by atoms with E-state index in [9.17, 15) is 9.90 Å². The summed E-state index contributed by atoms with van der Waals surface area (Å²) >= 11 is 5.97. The summed E-state index contributed by atoms with van der Waals surface area (Å²) in [4.78, 5) is 17.4. The standard InChI is InChI=1S/C23H26ClNO4/c1-7-14-8-9-16(28-21-13(2)10-15(24)12-25-21)11-17(14)18-19(26)22(3,4)29-23(5,6)20(18)27/h8-12,26H,7H2,1-6H3. The Morgan fingerprint density at radius 3 is 2.48 bits per heavy atom. The number of pyridine rings is 1. The van der Waals surface area contributed by atoms with Crippen molar-refractivity contribution in [3.05, 3.63) is 57.9 Å². The smallest absolute Gasteiger partial charge is 0.222 e. The van der Waals surface area contributed by atoms with Crippen molar-refractivity contribution in [3.8, 4) is 11.6 Å². The first-order valence-electron chi connectivity index (χ1n) is 9.58. The average Bonchev–Trinajstić information content (AvgIpc) is 2.62. The molecule has 5 nitrogen and oxygen atoms in total. The molecule has 2 aromatic rings. The van der Waals surface area contributed by atoms with Crippen molar-refractivity contribution in [2.24, 2.45) is 0 Å². The van der Waals surface area contributed by atoms with Gasteiger partial charge in [-0.2, -0.15) is 0 Å². The van der Waals surface area contributed by atoms with Gasteiger partial charge in [-0.3, -0.25) is 4.79 Å². The van der Waals surface area contributed by atoms with Gasteiger partial charge in [0.15, 0.2) is 5.78 Å². The van der Waals surface area contributed by atoms with Gasteiger partial charge >= 0.3 is 0 Å². The minimum Gasteiger partial charge on any atom is -0.508 e. The summed E-state index contributed by atoms with van der Waals surface area (Å²) in [7, 11) is 0. The van der Waals surface area contributed by atoms with Crippen LogP contribution in [0.15, 0.2) is 36.2 Å². The molecule has 0 saturated heterocycles. The first kappa shape index (κ1) is 21.3. The predicted molar refractivity (Wildman–Crippen MR) is 114 cm³/mol. The molecule has 3 rings (SSSR count). The van der Waals surface area contributed by atoms with Gasteiger partial charge in [0.2, 0.25) is 5.88 Å². The van der Waals surface area contributed by atoms with E-state index in [1.165, 1.54) is 6.20 Å². The number of benzene rings is 1. The van der Waals surface area contributed by atoms with E-state index >= 15 is 0 Å². The van der Waals surface area contributed by atoms with E-state index in [0.717, 1.165) is 11.1 Å². The van der Waals surface area contributed by atoms with Crippen LogP contribution in [0.5, 0.6) is 11.6 Å². The highest BCUT2D eigenvalue weighted by molar-refractivity contribution is 6.30. The Hall–Kier alpha value is -2.37. The molecule has 2 heterocycles. The van der Waals surface area contributed by atoms with Crippen molar-refractivity contribution in [1.29, 1.82) is 0 Å². The maximum Gasteiger partial charge on any atom is 0.222 e. The van der Waals surface area contributed by atoms with E-state index < -0.39 is 11.2 Å². The summed E-state index contributed by atoms with van der Waals surface area (Å²) in [6, 6.07) is 7.27. The molecule has 0 unspecified atom stereocenters. The van der Waals surface area contributed by atoms with E-state index in [1.54, 1.807) is 39.8 Å². The van der Waals surface area contributed by atoms with E-state index in [4.69, 9.17) is 21.1 Å².